The highest BCUT2D eigenvalue weighted by Crippen LogP contribution is 2.32. The second-order valence-electron chi connectivity index (χ2n) is 5.39. The molecule has 3 rings (SSSR count). The maximum Gasteiger partial charge on any atom is 0.158 e. The van der Waals surface area contributed by atoms with Gasteiger partial charge in [0.15, 0.2) is 5.82 Å². The lowest BCUT2D eigenvalue weighted by atomic mass is 10.2. The Kier molecular flexibility index (Phi) is 3.96. The molecule has 4 nitrogen and oxygen atoms in total. The van der Waals surface area contributed by atoms with Gasteiger partial charge in [0, 0.05) is 10.6 Å². The van der Waals surface area contributed by atoms with Crippen LogP contribution in [0.1, 0.15) is 49.0 Å². The average molecular weight is 288 g/mol. The van der Waals surface area contributed by atoms with Crippen molar-refractivity contribution in [3.63, 3.8) is 0 Å². The van der Waals surface area contributed by atoms with Gasteiger partial charge in [-0.25, -0.2) is 9.97 Å². The minimum absolute atomic E-state index is 0.841. The predicted octanol–water partition coefficient (Wildman–Crippen LogP) is 4.43. The van der Waals surface area contributed by atoms with E-state index in [2.05, 4.69) is 34.3 Å². The molecule has 2 heterocycles. The minimum Gasteiger partial charge on any atom is -0.261 e. The molecule has 0 amide bonds. The molecule has 1 aliphatic rings. The molecule has 0 bridgehead atoms. The molecule has 1 N–H and O–H groups in total. The molecule has 0 spiro atoms. The maximum absolute atomic E-state index is 4.59. The van der Waals surface area contributed by atoms with E-state index in [0.29, 0.717) is 0 Å². The SMILES string of the molecule is Cc1sc2ncnc(NN=C3CCCCCC3)c2c1C. The Morgan fingerprint density at radius 2 is 1.85 bits per heavy atom. The van der Waals surface area contributed by atoms with Crippen LogP contribution in [0, 0.1) is 13.8 Å². The Morgan fingerprint density at radius 3 is 2.60 bits per heavy atom. The first-order valence-electron chi connectivity index (χ1n) is 7.28. The third-order valence-corrected chi connectivity index (χ3v) is 5.08. The zero-order chi connectivity index (χ0) is 13.9. The van der Waals surface area contributed by atoms with Gasteiger partial charge in [0.25, 0.3) is 0 Å². The molecule has 0 unspecified atom stereocenters. The third kappa shape index (κ3) is 2.68. The van der Waals surface area contributed by atoms with Crippen LogP contribution < -0.4 is 5.43 Å². The molecule has 0 saturated heterocycles. The van der Waals surface area contributed by atoms with Crippen molar-refractivity contribution in [1.29, 1.82) is 0 Å². The van der Waals surface area contributed by atoms with Crippen molar-refractivity contribution in [3.8, 4) is 0 Å². The number of aromatic nitrogens is 2. The lowest BCUT2D eigenvalue weighted by Crippen LogP contribution is -2.02. The van der Waals surface area contributed by atoms with Crippen LogP contribution in [0.3, 0.4) is 0 Å². The monoisotopic (exact) mass is 288 g/mol. The molecule has 0 atom stereocenters. The zero-order valence-electron chi connectivity index (χ0n) is 12.1. The fraction of sp³-hybridized carbons (Fsp3) is 0.533. The lowest BCUT2D eigenvalue weighted by molar-refractivity contribution is 0.702. The predicted molar refractivity (Wildman–Crippen MR) is 85.6 cm³/mol. The quantitative estimate of drug-likeness (QED) is 0.657. The van der Waals surface area contributed by atoms with Crippen molar-refractivity contribution in [2.24, 2.45) is 5.10 Å². The van der Waals surface area contributed by atoms with Crippen molar-refractivity contribution in [2.45, 2.75) is 52.4 Å². The molecule has 5 heteroatoms. The molecule has 1 aliphatic carbocycles. The fourth-order valence-electron chi connectivity index (χ4n) is 2.65. The summed E-state index contributed by atoms with van der Waals surface area (Å²) in [6.45, 7) is 4.25. The van der Waals surface area contributed by atoms with E-state index in [9.17, 15) is 0 Å². The molecule has 0 aromatic carbocycles. The van der Waals surface area contributed by atoms with Crippen LogP contribution in [0.4, 0.5) is 5.82 Å². The number of nitrogens with zero attached hydrogens (tertiary/aromatic N) is 3. The molecule has 20 heavy (non-hydrogen) atoms. The van der Waals surface area contributed by atoms with Crippen LogP contribution in [-0.4, -0.2) is 15.7 Å². The van der Waals surface area contributed by atoms with Crippen molar-refractivity contribution < 1.29 is 0 Å². The number of hydrogen-bond donors (Lipinski definition) is 1. The number of hydrazone groups is 1. The van der Waals surface area contributed by atoms with E-state index < -0.39 is 0 Å². The smallest absolute Gasteiger partial charge is 0.158 e. The van der Waals surface area contributed by atoms with Gasteiger partial charge in [-0.2, -0.15) is 5.10 Å². The van der Waals surface area contributed by atoms with Crippen molar-refractivity contribution >= 4 is 33.1 Å². The molecule has 0 radical (unpaired) electrons. The van der Waals surface area contributed by atoms with Gasteiger partial charge in [-0.1, -0.05) is 12.8 Å². The lowest BCUT2D eigenvalue weighted by Gasteiger charge is -2.05. The van der Waals surface area contributed by atoms with Crippen molar-refractivity contribution in [3.05, 3.63) is 16.8 Å². The Morgan fingerprint density at radius 1 is 1.10 bits per heavy atom. The van der Waals surface area contributed by atoms with E-state index >= 15 is 0 Å². The topological polar surface area (TPSA) is 50.2 Å². The summed E-state index contributed by atoms with van der Waals surface area (Å²) >= 11 is 1.72. The van der Waals surface area contributed by atoms with Crippen molar-refractivity contribution in [2.75, 3.05) is 5.43 Å². The van der Waals surface area contributed by atoms with E-state index in [1.807, 2.05) is 0 Å². The highest BCUT2D eigenvalue weighted by atomic mass is 32.1. The van der Waals surface area contributed by atoms with Gasteiger partial charge in [-0.15, -0.1) is 11.3 Å². The van der Waals surface area contributed by atoms with Crippen LogP contribution >= 0.6 is 11.3 Å². The molecule has 1 saturated carbocycles. The zero-order valence-corrected chi connectivity index (χ0v) is 12.9. The molecule has 2 aromatic rings. The number of rotatable bonds is 2. The van der Waals surface area contributed by atoms with Crippen LogP contribution in [0.2, 0.25) is 0 Å². The van der Waals surface area contributed by atoms with Gasteiger partial charge in [-0.3, -0.25) is 5.43 Å². The maximum atomic E-state index is 4.59. The van der Waals surface area contributed by atoms with Crippen LogP contribution in [0.25, 0.3) is 10.2 Å². The second kappa shape index (κ2) is 5.87. The van der Waals surface area contributed by atoms with E-state index in [-0.39, 0.29) is 0 Å². The summed E-state index contributed by atoms with van der Waals surface area (Å²) in [6, 6.07) is 0. The van der Waals surface area contributed by atoms with Crippen LogP contribution in [-0.2, 0) is 0 Å². The van der Waals surface area contributed by atoms with Gasteiger partial charge < -0.3 is 0 Å². The summed E-state index contributed by atoms with van der Waals surface area (Å²) in [5, 5.41) is 5.71. The highest BCUT2D eigenvalue weighted by molar-refractivity contribution is 7.18. The van der Waals surface area contributed by atoms with Gasteiger partial charge >= 0.3 is 0 Å². The number of fused-ring (bicyclic) bond motifs is 1. The van der Waals surface area contributed by atoms with Gasteiger partial charge in [0.2, 0.25) is 0 Å². The first-order chi connectivity index (χ1) is 9.75. The minimum atomic E-state index is 0.841. The van der Waals surface area contributed by atoms with Gasteiger partial charge in [0.1, 0.15) is 11.2 Å². The number of aryl methyl sites for hydroxylation is 2. The third-order valence-electron chi connectivity index (χ3n) is 3.97. The number of nitrogens with one attached hydrogen (secondary N) is 1. The summed E-state index contributed by atoms with van der Waals surface area (Å²) in [4.78, 5) is 11.1. The first-order valence-corrected chi connectivity index (χ1v) is 8.09. The number of hydrogen-bond acceptors (Lipinski definition) is 5. The summed E-state index contributed by atoms with van der Waals surface area (Å²) in [7, 11) is 0. The van der Waals surface area contributed by atoms with Crippen LogP contribution in [0.15, 0.2) is 11.4 Å². The van der Waals surface area contributed by atoms with E-state index in [1.54, 1.807) is 17.7 Å². The molecular formula is C15H20N4S. The van der Waals surface area contributed by atoms with Gasteiger partial charge in [-0.05, 0) is 45.1 Å². The van der Waals surface area contributed by atoms with E-state index in [0.717, 1.165) is 28.9 Å². The summed E-state index contributed by atoms with van der Waals surface area (Å²) < 4.78 is 0. The standard InChI is InChI=1S/C15H20N4S/c1-10-11(2)20-15-13(10)14(16-9-17-15)19-18-12-7-5-3-4-6-8-12/h9H,3-8H2,1-2H3,(H,16,17,19). The number of thiophene rings is 1. The Labute approximate surface area is 123 Å². The molecule has 0 aliphatic heterocycles. The summed E-state index contributed by atoms with van der Waals surface area (Å²) in [5.74, 6) is 0.841. The van der Waals surface area contributed by atoms with Crippen molar-refractivity contribution in [1.82, 2.24) is 9.97 Å². The largest absolute Gasteiger partial charge is 0.261 e. The summed E-state index contributed by atoms with van der Waals surface area (Å²) in [6.07, 6.45) is 9.03. The highest BCUT2D eigenvalue weighted by Gasteiger charge is 2.12. The Bertz CT molecular complexity index is 635. The van der Waals surface area contributed by atoms with E-state index in [1.165, 1.54) is 41.8 Å². The van der Waals surface area contributed by atoms with Crippen LogP contribution in [0.5, 0.6) is 0 Å². The van der Waals surface area contributed by atoms with E-state index in [4.69, 9.17) is 0 Å². The average Bonchev–Trinajstić information content (AvgIpc) is 2.66. The molecular weight excluding hydrogens is 268 g/mol. The fourth-order valence-corrected chi connectivity index (χ4v) is 3.64. The number of anilines is 1. The first kappa shape index (κ1) is 13.5. The second-order valence-corrected chi connectivity index (χ2v) is 6.59. The Balaban J connectivity index is 1.88. The molecule has 2 aromatic heterocycles. The molecule has 1 fully saturated rings. The van der Waals surface area contributed by atoms with Gasteiger partial charge in [0.05, 0.1) is 5.39 Å². The Hall–Kier alpha value is -1.49. The molecule has 106 valence electrons. The summed E-state index contributed by atoms with van der Waals surface area (Å²) in [5.41, 5.74) is 5.72. The normalized spacial score (nSPS) is 16.2.